The zero-order chi connectivity index (χ0) is 55.5. The predicted octanol–water partition coefficient (Wildman–Crippen LogP) is 13.1. The van der Waals surface area contributed by atoms with Crippen LogP contribution in [0.4, 0.5) is 0 Å². The number of carbonyl (C=O) groups is 3. The first-order valence-electron chi connectivity index (χ1n) is 26.8. The van der Waals surface area contributed by atoms with Gasteiger partial charge in [0.25, 0.3) is 0 Å². The number of rotatable bonds is 9. The van der Waals surface area contributed by atoms with Gasteiger partial charge in [-0.05, 0) is 114 Å². The molecule has 3 aliphatic rings. The Balaban J connectivity index is 0.000000510. The molecular weight excluding hydrogens is 937 g/mol. The Labute approximate surface area is 449 Å². The van der Waals surface area contributed by atoms with Gasteiger partial charge >= 0.3 is 0 Å². The van der Waals surface area contributed by atoms with Gasteiger partial charge in [-0.2, -0.15) is 0 Å². The van der Waals surface area contributed by atoms with E-state index < -0.39 is 0 Å². The molecule has 0 aromatic carbocycles. The Hall–Kier alpha value is -6.99. The number of hydrogen-bond donors (Lipinski definition) is 0. The topological polar surface area (TPSA) is 156 Å². The van der Waals surface area contributed by atoms with Crippen molar-refractivity contribution < 1.29 is 28.6 Å². The average molecular weight is 1020 g/mol. The summed E-state index contributed by atoms with van der Waals surface area (Å²) in [6, 6.07) is 26.7. The van der Waals surface area contributed by atoms with Crippen LogP contribution in [0.5, 0.6) is 0 Å². The lowest BCUT2D eigenvalue weighted by Gasteiger charge is -2.23. The number of ketones is 3. The summed E-state index contributed by atoms with van der Waals surface area (Å²) in [7, 11) is 0. The van der Waals surface area contributed by atoms with Crippen molar-refractivity contribution in [3.63, 3.8) is 0 Å². The number of carbonyl (C=O) groups excluding carboxylic acids is 3. The Morgan fingerprint density at radius 1 is 0.400 bits per heavy atom. The molecule has 12 heteroatoms. The molecule has 3 aliphatic heterocycles. The second-order valence-electron chi connectivity index (χ2n) is 15.2. The number of nitrogens with zero attached hydrogens (tertiary/aromatic N) is 6. The van der Waals surface area contributed by atoms with Gasteiger partial charge in [0.2, 0.25) is 0 Å². The Morgan fingerprint density at radius 3 is 1.32 bits per heavy atom. The zero-order valence-corrected chi connectivity index (χ0v) is 46.8. The molecule has 3 atom stereocenters. The highest BCUT2D eigenvalue weighted by Gasteiger charge is 2.29. The van der Waals surface area contributed by atoms with Gasteiger partial charge in [0, 0.05) is 103 Å². The van der Waals surface area contributed by atoms with E-state index in [-0.39, 0.29) is 35.1 Å². The van der Waals surface area contributed by atoms with Crippen LogP contribution >= 0.6 is 0 Å². The van der Waals surface area contributed by atoms with Gasteiger partial charge < -0.3 is 14.2 Å². The lowest BCUT2D eigenvalue weighted by molar-refractivity contribution is -0.125. The molecule has 0 amide bonds. The highest BCUT2D eigenvalue weighted by Crippen LogP contribution is 2.24. The van der Waals surface area contributed by atoms with Crippen LogP contribution in [0.3, 0.4) is 0 Å². The molecule has 0 bridgehead atoms. The fraction of sp³-hybridized carbons (Fsp3) is 0.381. The zero-order valence-electron chi connectivity index (χ0n) is 46.8. The molecule has 6 aromatic rings. The van der Waals surface area contributed by atoms with Gasteiger partial charge in [-0.25, -0.2) is 0 Å². The van der Waals surface area contributed by atoms with Crippen molar-refractivity contribution in [2.75, 3.05) is 39.6 Å². The second kappa shape index (κ2) is 42.4. The third-order valence-corrected chi connectivity index (χ3v) is 10.5. The Kier molecular flexibility index (Phi) is 37.3. The molecule has 0 aliphatic carbocycles. The van der Waals surface area contributed by atoms with Crippen LogP contribution in [-0.4, -0.2) is 86.9 Å². The molecule has 402 valence electrons. The molecule has 0 saturated carbocycles. The molecule has 3 unspecified atom stereocenters. The van der Waals surface area contributed by atoms with Crippen LogP contribution < -0.4 is 0 Å². The molecule has 9 heterocycles. The highest BCUT2D eigenvalue weighted by atomic mass is 16.5. The van der Waals surface area contributed by atoms with Crippen LogP contribution in [0.2, 0.25) is 0 Å². The van der Waals surface area contributed by atoms with Crippen LogP contribution in [0.15, 0.2) is 164 Å². The molecule has 0 N–H and O–H groups in total. The molecule has 3 saturated heterocycles. The Bertz CT molecular complexity index is 2200. The summed E-state index contributed by atoms with van der Waals surface area (Å²) >= 11 is 0. The summed E-state index contributed by atoms with van der Waals surface area (Å²) in [6.07, 6.45) is 24.9. The molecule has 12 nitrogen and oxygen atoms in total. The monoisotopic (exact) mass is 1020 g/mol. The highest BCUT2D eigenvalue weighted by molar-refractivity contribution is 6.03. The van der Waals surface area contributed by atoms with Crippen molar-refractivity contribution in [3.8, 4) is 0 Å². The van der Waals surface area contributed by atoms with E-state index in [1.807, 2.05) is 186 Å². The third kappa shape index (κ3) is 24.7. The molecule has 6 aromatic heterocycles. The largest absolute Gasteiger partial charge is 0.376 e. The first kappa shape index (κ1) is 66.0. The van der Waals surface area contributed by atoms with Crippen molar-refractivity contribution in [3.05, 3.63) is 197 Å². The smallest absolute Gasteiger partial charge is 0.167 e. The predicted molar refractivity (Wildman–Crippen MR) is 307 cm³/mol. The molecule has 0 radical (unpaired) electrons. The minimum atomic E-state index is -0.163. The van der Waals surface area contributed by atoms with Crippen molar-refractivity contribution in [1.82, 2.24) is 29.9 Å². The lowest BCUT2D eigenvalue weighted by atomic mass is 9.90. The van der Waals surface area contributed by atoms with Gasteiger partial charge in [-0.1, -0.05) is 107 Å². The molecule has 3 fully saturated rings. The standard InChI is InChI=1S/3C17H16N2O2.6C2H6/c20-17-15(9-13-1-5-18-6-2-13)11-21-12-16(17)10-14-3-7-19-8-4-14;20-17-15(7-13-3-1-5-18-9-13)11-21-12-16(17)8-14-4-2-6-19-10-14;20-17-13(9-15-5-1-3-7-18-15)11-21-12-14(17)10-16-6-2-4-8-19-16;6*1-2/h1-9,16H,10-12H2;1-7,9-10,16H,8,11-12H2;1-9,14H,10-12H2;6*1-2H3/b15-9+;15-7+;13-9+;;;;;;. The summed E-state index contributed by atoms with van der Waals surface area (Å²) < 4.78 is 16.7. The molecular formula is C63H84N6O6. The second-order valence-corrected chi connectivity index (χ2v) is 15.2. The number of pyridine rings is 6. The van der Waals surface area contributed by atoms with E-state index in [1.165, 1.54) is 0 Å². The van der Waals surface area contributed by atoms with Crippen LogP contribution in [0.1, 0.15) is 117 Å². The van der Waals surface area contributed by atoms with Gasteiger partial charge in [-0.3, -0.25) is 44.3 Å². The SMILES string of the molecule is CC.CC.CC.CC.CC.CC.O=C1/C(=C/c2ccccn2)COCC1Cc1ccccn1.O=C1/C(=C/c2cccnc2)COCC1Cc1cccnc1.O=C1/C(=C/c2ccncc2)COCC1Cc1ccncc1. The fourth-order valence-corrected chi connectivity index (χ4v) is 7.30. The third-order valence-electron chi connectivity index (χ3n) is 10.5. The Morgan fingerprint density at radius 2 is 0.853 bits per heavy atom. The summed E-state index contributed by atoms with van der Waals surface area (Å²) in [5.41, 5.74) is 7.88. The van der Waals surface area contributed by atoms with Crippen molar-refractivity contribution >= 4 is 35.6 Å². The van der Waals surface area contributed by atoms with E-state index in [1.54, 1.807) is 62.0 Å². The minimum Gasteiger partial charge on any atom is -0.376 e. The number of aromatic nitrogens is 6. The summed E-state index contributed by atoms with van der Waals surface area (Å²) in [5, 5.41) is 0. The van der Waals surface area contributed by atoms with Gasteiger partial charge in [0.05, 0.1) is 51.3 Å². The van der Waals surface area contributed by atoms with Gasteiger partial charge in [0.15, 0.2) is 17.3 Å². The number of ether oxygens (including phenoxy) is 3. The van der Waals surface area contributed by atoms with Crippen LogP contribution in [0.25, 0.3) is 18.2 Å². The summed E-state index contributed by atoms with van der Waals surface area (Å²) in [5.74, 6) is 0.0603. The van der Waals surface area contributed by atoms with Gasteiger partial charge in [0.1, 0.15) is 0 Å². The molecule has 9 rings (SSSR count). The van der Waals surface area contributed by atoms with E-state index in [0.29, 0.717) is 70.0 Å². The first-order valence-corrected chi connectivity index (χ1v) is 26.8. The van der Waals surface area contributed by atoms with E-state index in [4.69, 9.17) is 14.2 Å². The van der Waals surface area contributed by atoms with E-state index in [2.05, 4.69) is 29.9 Å². The number of Topliss-reactive ketones (excluding diaryl/α,β-unsaturated/α-hetero) is 3. The number of hydrogen-bond acceptors (Lipinski definition) is 12. The lowest BCUT2D eigenvalue weighted by Crippen LogP contribution is -2.31. The quantitative estimate of drug-likeness (QED) is 0.127. The van der Waals surface area contributed by atoms with Crippen LogP contribution in [0, 0.1) is 17.8 Å². The normalized spacial score (nSPS) is 17.8. The summed E-state index contributed by atoms with van der Waals surface area (Å²) in [6.45, 7) is 26.5. The maximum Gasteiger partial charge on any atom is 0.167 e. The molecule has 75 heavy (non-hydrogen) atoms. The minimum absolute atomic E-state index is 0.116. The van der Waals surface area contributed by atoms with Crippen molar-refractivity contribution in [2.45, 2.75) is 102 Å². The van der Waals surface area contributed by atoms with E-state index in [0.717, 1.165) is 39.2 Å². The van der Waals surface area contributed by atoms with Crippen LogP contribution in [-0.2, 0) is 47.9 Å². The summed E-state index contributed by atoms with van der Waals surface area (Å²) in [4.78, 5) is 62.2. The van der Waals surface area contributed by atoms with Crippen molar-refractivity contribution in [1.29, 1.82) is 0 Å². The first-order chi connectivity index (χ1) is 37.0. The fourth-order valence-electron chi connectivity index (χ4n) is 7.30. The molecule has 0 spiro atoms. The van der Waals surface area contributed by atoms with E-state index >= 15 is 0 Å². The maximum absolute atomic E-state index is 12.6. The van der Waals surface area contributed by atoms with Crippen molar-refractivity contribution in [2.24, 2.45) is 17.8 Å². The van der Waals surface area contributed by atoms with E-state index in [9.17, 15) is 14.4 Å². The average Bonchev–Trinajstić information content (AvgIpc) is 3.49. The maximum atomic E-state index is 12.6. The van der Waals surface area contributed by atoms with Gasteiger partial charge in [-0.15, -0.1) is 0 Å².